The van der Waals surface area contributed by atoms with Crippen molar-refractivity contribution in [1.29, 1.82) is 0 Å². The predicted molar refractivity (Wildman–Crippen MR) is 50.8 cm³/mol. The van der Waals surface area contributed by atoms with Crippen LogP contribution in [0.5, 0.6) is 0 Å². The fourth-order valence-corrected chi connectivity index (χ4v) is 2.59. The minimum atomic E-state index is -1.61. The summed E-state index contributed by atoms with van der Waals surface area (Å²) in [5.74, 6) is 0. The summed E-state index contributed by atoms with van der Waals surface area (Å²) in [4.78, 5) is 0. The van der Waals surface area contributed by atoms with Gasteiger partial charge in [0.05, 0.1) is 12.7 Å². The third-order valence-corrected chi connectivity index (χ3v) is 2.88. The second-order valence-electron chi connectivity index (χ2n) is 4.32. The van der Waals surface area contributed by atoms with Crippen LogP contribution in [0.2, 0.25) is 19.6 Å². The highest BCUT2D eigenvalue weighted by Gasteiger charge is 2.37. The van der Waals surface area contributed by atoms with Crippen molar-refractivity contribution in [3.05, 3.63) is 0 Å². The van der Waals surface area contributed by atoms with Crippen molar-refractivity contribution in [2.24, 2.45) is 0 Å². The Balaban J connectivity index is 2.49. The summed E-state index contributed by atoms with van der Waals surface area (Å²) >= 11 is 0. The average molecular weight is 206 g/mol. The Morgan fingerprint density at radius 1 is 1.46 bits per heavy atom. The van der Waals surface area contributed by atoms with Crippen molar-refractivity contribution in [2.45, 2.75) is 44.6 Å². The number of rotatable bonds is 3. The molecule has 1 saturated heterocycles. The second kappa shape index (κ2) is 4.06. The fourth-order valence-electron chi connectivity index (χ4n) is 1.43. The van der Waals surface area contributed by atoms with Gasteiger partial charge in [0, 0.05) is 6.42 Å². The molecule has 0 aromatic carbocycles. The molecule has 2 N–H and O–H groups in total. The minimum Gasteiger partial charge on any atom is -0.412 e. The van der Waals surface area contributed by atoms with Crippen molar-refractivity contribution >= 4 is 8.32 Å². The third kappa shape index (κ3) is 3.36. The first-order valence-electron chi connectivity index (χ1n) is 4.54. The Morgan fingerprint density at radius 2 is 2.08 bits per heavy atom. The zero-order valence-electron chi connectivity index (χ0n) is 8.36. The van der Waals surface area contributed by atoms with Crippen LogP contribution >= 0.6 is 0 Å². The molecular weight excluding hydrogens is 188 g/mol. The SMILES string of the molecule is C[Si](C)(C)O[C@H]1CC(O)O[C@@H]1CO. The van der Waals surface area contributed by atoms with Crippen molar-refractivity contribution in [3.8, 4) is 0 Å². The summed E-state index contributed by atoms with van der Waals surface area (Å²) in [6.45, 7) is 6.14. The topological polar surface area (TPSA) is 58.9 Å². The molecule has 0 amide bonds. The van der Waals surface area contributed by atoms with Crippen molar-refractivity contribution < 1.29 is 19.4 Å². The number of ether oxygens (including phenoxy) is 1. The van der Waals surface area contributed by atoms with Gasteiger partial charge < -0.3 is 19.4 Å². The molecule has 0 radical (unpaired) electrons. The van der Waals surface area contributed by atoms with Crippen LogP contribution in [0.15, 0.2) is 0 Å². The van der Waals surface area contributed by atoms with E-state index >= 15 is 0 Å². The maximum Gasteiger partial charge on any atom is 0.184 e. The second-order valence-corrected chi connectivity index (χ2v) is 8.78. The molecule has 4 nitrogen and oxygen atoms in total. The summed E-state index contributed by atoms with van der Waals surface area (Å²) in [6.07, 6.45) is -0.818. The number of hydrogen-bond donors (Lipinski definition) is 2. The van der Waals surface area contributed by atoms with Crippen LogP contribution in [-0.2, 0) is 9.16 Å². The van der Waals surface area contributed by atoms with Gasteiger partial charge in [-0.2, -0.15) is 0 Å². The largest absolute Gasteiger partial charge is 0.412 e. The molecule has 1 rings (SSSR count). The smallest absolute Gasteiger partial charge is 0.184 e. The molecule has 0 saturated carbocycles. The molecule has 1 unspecified atom stereocenters. The molecule has 1 aliphatic rings. The van der Waals surface area contributed by atoms with Crippen LogP contribution in [0.25, 0.3) is 0 Å². The van der Waals surface area contributed by atoms with E-state index in [0.29, 0.717) is 6.42 Å². The van der Waals surface area contributed by atoms with E-state index in [2.05, 4.69) is 19.6 Å². The van der Waals surface area contributed by atoms with E-state index in [4.69, 9.17) is 14.3 Å². The maximum atomic E-state index is 9.20. The number of hydrogen-bond acceptors (Lipinski definition) is 4. The fraction of sp³-hybridized carbons (Fsp3) is 1.00. The lowest BCUT2D eigenvalue weighted by atomic mass is 10.2. The molecule has 0 bridgehead atoms. The molecule has 78 valence electrons. The molecule has 0 spiro atoms. The lowest BCUT2D eigenvalue weighted by Gasteiger charge is -2.25. The van der Waals surface area contributed by atoms with Crippen LogP contribution in [0.3, 0.4) is 0 Å². The summed E-state index contributed by atoms with van der Waals surface area (Å²) in [5.41, 5.74) is 0. The van der Waals surface area contributed by atoms with Crippen molar-refractivity contribution in [1.82, 2.24) is 0 Å². The van der Waals surface area contributed by atoms with E-state index in [-0.39, 0.29) is 18.8 Å². The standard InChI is InChI=1S/C8H18O4Si/c1-13(2,3)12-6-4-8(10)11-7(6)5-9/h6-10H,4-5H2,1-3H3/t6-,7+,8?/m0/s1. The highest BCUT2D eigenvalue weighted by molar-refractivity contribution is 6.69. The van der Waals surface area contributed by atoms with Crippen LogP contribution < -0.4 is 0 Å². The lowest BCUT2D eigenvalue weighted by Crippen LogP contribution is -2.37. The third-order valence-electron chi connectivity index (χ3n) is 1.87. The highest BCUT2D eigenvalue weighted by Crippen LogP contribution is 2.24. The van der Waals surface area contributed by atoms with Gasteiger partial charge in [-0.05, 0) is 19.6 Å². The van der Waals surface area contributed by atoms with E-state index in [9.17, 15) is 5.11 Å². The van der Waals surface area contributed by atoms with Gasteiger partial charge in [-0.15, -0.1) is 0 Å². The lowest BCUT2D eigenvalue weighted by molar-refractivity contribution is -0.106. The van der Waals surface area contributed by atoms with Gasteiger partial charge in [0.15, 0.2) is 14.6 Å². The molecule has 1 fully saturated rings. The van der Waals surface area contributed by atoms with E-state index in [1.54, 1.807) is 0 Å². The van der Waals surface area contributed by atoms with Crippen LogP contribution in [0, 0.1) is 0 Å². The van der Waals surface area contributed by atoms with Crippen LogP contribution in [-0.4, -0.2) is 43.6 Å². The molecule has 13 heavy (non-hydrogen) atoms. The monoisotopic (exact) mass is 206 g/mol. The van der Waals surface area contributed by atoms with Gasteiger partial charge in [0.1, 0.15) is 6.10 Å². The Hall–Kier alpha value is 0.0569. The quantitative estimate of drug-likeness (QED) is 0.652. The van der Waals surface area contributed by atoms with E-state index in [0.717, 1.165) is 0 Å². The number of aliphatic hydroxyl groups excluding tert-OH is 2. The molecule has 0 aliphatic carbocycles. The van der Waals surface area contributed by atoms with Gasteiger partial charge in [-0.3, -0.25) is 0 Å². The Labute approximate surface area is 79.6 Å². The van der Waals surface area contributed by atoms with E-state index in [1.807, 2.05) is 0 Å². The molecule has 3 atom stereocenters. The molecule has 1 heterocycles. The highest BCUT2D eigenvalue weighted by atomic mass is 28.4. The van der Waals surface area contributed by atoms with E-state index < -0.39 is 14.6 Å². The summed E-state index contributed by atoms with van der Waals surface area (Å²) < 4.78 is 10.8. The first-order chi connectivity index (χ1) is 5.92. The Kier molecular flexibility index (Phi) is 3.48. The van der Waals surface area contributed by atoms with Crippen molar-refractivity contribution in [3.63, 3.8) is 0 Å². The van der Waals surface area contributed by atoms with Crippen LogP contribution in [0.1, 0.15) is 6.42 Å². The van der Waals surface area contributed by atoms with Gasteiger partial charge >= 0.3 is 0 Å². The maximum absolute atomic E-state index is 9.20. The van der Waals surface area contributed by atoms with Gasteiger partial charge in [0.25, 0.3) is 0 Å². The molecule has 5 heteroatoms. The number of aliphatic hydroxyl groups is 2. The van der Waals surface area contributed by atoms with E-state index in [1.165, 1.54) is 0 Å². The zero-order chi connectivity index (χ0) is 10.1. The van der Waals surface area contributed by atoms with Crippen LogP contribution in [0.4, 0.5) is 0 Å². The summed E-state index contributed by atoms with van der Waals surface area (Å²) in [7, 11) is -1.61. The van der Waals surface area contributed by atoms with Crippen molar-refractivity contribution in [2.75, 3.05) is 6.61 Å². The molecule has 1 aliphatic heterocycles. The van der Waals surface area contributed by atoms with Gasteiger partial charge in [-0.25, -0.2) is 0 Å². The summed E-state index contributed by atoms with van der Waals surface area (Å²) in [6, 6.07) is 0. The molecule has 0 aromatic rings. The summed E-state index contributed by atoms with van der Waals surface area (Å²) in [5, 5.41) is 18.2. The average Bonchev–Trinajstić information content (AvgIpc) is 2.27. The predicted octanol–water partition coefficient (Wildman–Crippen LogP) is 0.306. The first-order valence-corrected chi connectivity index (χ1v) is 7.95. The van der Waals surface area contributed by atoms with Gasteiger partial charge in [0.2, 0.25) is 0 Å². The van der Waals surface area contributed by atoms with Gasteiger partial charge in [-0.1, -0.05) is 0 Å². The molecule has 0 aromatic heterocycles. The molecular formula is C8H18O4Si. The Morgan fingerprint density at radius 3 is 2.54 bits per heavy atom. The zero-order valence-corrected chi connectivity index (χ0v) is 9.36. The Bertz CT molecular complexity index is 168. The minimum absolute atomic E-state index is 0.0911. The normalized spacial score (nSPS) is 35.3. The first kappa shape index (κ1) is 11.1.